The lowest BCUT2D eigenvalue weighted by Crippen LogP contribution is -2.49. The van der Waals surface area contributed by atoms with Crippen LogP contribution in [-0.2, 0) is 19.9 Å². The molecule has 0 aliphatic carbocycles. The molecule has 2 N–H and O–H groups in total. The molecule has 0 spiro atoms. The van der Waals surface area contributed by atoms with Crippen LogP contribution in [0.1, 0.15) is 12.5 Å². The van der Waals surface area contributed by atoms with E-state index in [0.29, 0.717) is 11.3 Å². The van der Waals surface area contributed by atoms with Gasteiger partial charge in [-0.1, -0.05) is 11.6 Å². The average Bonchev–Trinajstić information content (AvgIpc) is 2.33. The number of nitrogens with two attached hydrogens (primary N) is 1. The van der Waals surface area contributed by atoms with Gasteiger partial charge in [-0.05, 0) is 31.5 Å². The Hall–Kier alpha value is -0.830. The van der Waals surface area contributed by atoms with Crippen molar-refractivity contribution in [2.75, 3.05) is 23.8 Å². The number of halogens is 1. The molecule has 1 aliphatic rings. The Morgan fingerprint density at radius 3 is 2.52 bits per heavy atom. The van der Waals surface area contributed by atoms with Crippen LogP contribution in [0.25, 0.3) is 0 Å². The molecule has 1 aromatic rings. The predicted molar refractivity (Wildman–Crippen MR) is 82.6 cm³/mol. The lowest BCUT2D eigenvalue weighted by molar-refractivity contribution is 0.357. The first-order valence-corrected chi connectivity index (χ1v) is 9.96. The topological polar surface area (TPSA) is 97.5 Å². The van der Waals surface area contributed by atoms with E-state index in [9.17, 15) is 16.8 Å². The van der Waals surface area contributed by atoms with Crippen molar-refractivity contribution in [1.29, 1.82) is 0 Å². The van der Waals surface area contributed by atoms with Crippen molar-refractivity contribution in [3.8, 4) is 0 Å². The van der Waals surface area contributed by atoms with Gasteiger partial charge in [0.25, 0.3) is 0 Å². The fraction of sp³-hybridized carbons (Fsp3) is 0.500. The van der Waals surface area contributed by atoms with Crippen LogP contribution in [0, 0.1) is 6.92 Å². The van der Waals surface area contributed by atoms with E-state index < -0.39 is 25.9 Å². The van der Waals surface area contributed by atoms with Crippen LogP contribution in [0.2, 0.25) is 5.02 Å². The molecule has 0 saturated carbocycles. The van der Waals surface area contributed by atoms with Crippen molar-refractivity contribution >= 4 is 37.1 Å². The van der Waals surface area contributed by atoms with Gasteiger partial charge in [-0.15, -0.1) is 0 Å². The van der Waals surface area contributed by atoms with E-state index in [4.69, 9.17) is 17.3 Å². The van der Waals surface area contributed by atoms with Crippen LogP contribution in [-0.4, -0.2) is 45.2 Å². The number of hydrogen-bond donors (Lipinski definition) is 1. The highest BCUT2D eigenvalue weighted by Crippen LogP contribution is 2.29. The minimum Gasteiger partial charge on any atom is -0.398 e. The Balaban J connectivity index is 2.44. The summed E-state index contributed by atoms with van der Waals surface area (Å²) < 4.78 is 49.6. The summed E-state index contributed by atoms with van der Waals surface area (Å²) in [7, 11) is -7.01. The maximum Gasteiger partial charge on any atom is 0.243 e. The first-order chi connectivity index (χ1) is 9.54. The number of hydrogen-bond acceptors (Lipinski definition) is 5. The second-order valence-corrected chi connectivity index (χ2v) is 9.72. The molecule has 0 amide bonds. The SMILES string of the molecule is Cc1c(N)cc(S(=O)(=O)N2CCS(=O)(=O)CC2C)cc1Cl. The summed E-state index contributed by atoms with van der Waals surface area (Å²) in [6.07, 6.45) is 0. The molecular formula is C12H17ClN2O4S2. The third-order valence-corrected chi connectivity index (χ3v) is 7.75. The first kappa shape index (κ1) is 16.5. The van der Waals surface area contributed by atoms with Crippen LogP contribution in [0.3, 0.4) is 0 Å². The molecule has 1 saturated heterocycles. The lowest BCUT2D eigenvalue weighted by atomic mass is 10.2. The average molecular weight is 353 g/mol. The highest BCUT2D eigenvalue weighted by molar-refractivity contribution is 7.92. The second-order valence-electron chi connectivity index (χ2n) is 5.20. The van der Waals surface area contributed by atoms with Crippen molar-refractivity contribution in [3.63, 3.8) is 0 Å². The summed E-state index contributed by atoms with van der Waals surface area (Å²) >= 11 is 5.99. The van der Waals surface area contributed by atoms with E-state index in [0.717, 1.165) is 0 Å². The zero-order valence-corrected chi connectivity index (χ0v) is 14.1. The summed E-state index contributed by atoms with van der Waals surface area (Å²) in [4.78, 5) is -0.0123. The van der Waals surface area contributed by atoms with E-state index in [1.807, 2.05) is 0 Å². The molecule has 1 aromatic carbocycles. The quantitative estimate of drug-likeness (QED) is 0.802. The maximum atomic E-state index is 12.6. The van der Waals surface area contributed by atoms with Crippen molar-refractivity contribution in [2.24, 2.45) is 0 Å². The molecule has 9 heteroatoms. The third-order valence-electron chi connectivity index (χ3n) is 3.57. The monoisotopic (exact) mass is 352 g/mol. The Morgan fingerprint density at radius 1 is 1.38 bits per heavy atom. The van der Waals surface area contributed by atoms with Gasteiger partial charge in [-0.25, -0.2) is 16.8 Å². The fourth-order valence-electron chi connectivity index (χ4n) is 2.30. The summed E-state index contributed by atoms with van der Waals surface area (Å²) in [5, 5.41) is 0.269. The minimum absolute atomic E-state index is 0.0123. The molecule has 2 rings (SSSR count). The van der Waals surface area contributed by atoms with Gasteiger partial charge in [0.15, 0.2) is 9.84 Å². The van der Waals surface area contributed by atoms with Crippen molar-refractivity contribution < 1.29 is 16.8 Å². The van der Waals surface area contributed by atoms with Crippen molar-refractivity contribution in [3.05, 3.63) is 22.7 Å². The molecular weight excluding hydrogens is 336 g/mol. The Bertz CT molecular complexity index is 751. The van der Waals surface area contributed by atoms with Crippen LogP contribution in [0.4, 0.5) is 5.69 Å². The van der Waals surface area contributed by atoms with Gasteiger partial charge >= 0.3 is 0 Å². The Labute approximate surface area is 129 Å². The van der Waals surface area contributed by atoms with Gasteiger partial charge in [0.05, 0.1) is 16.4 Å². The molecule has 1 unspecified atom stereocenters. The zero-order chi connectivity index (χ0) is 16.0. The number of benzene rings is 1. The number of sulfone groups is 1. The predicted octanol–water partition coefficient (Wildman–Crippen LogP) is 1.04. The molecule has 118 valence electrons. The van der Waals surface area contributed by atoms with Crippen LogP contribution < -0.4 is 5.73 Å². The molecule has 6 nitrogen and oxygen atoms in total. The van der Waals surface area contributed by atoms with Gasteiger partial charge in [-0.3, -0.25) is 0 Å². The molecule has 1 fully saturated rings. The number of nitrogen functional groups attached to an aromatic ring is 1. The van der Waals surface area contributed by atoms with E-state index in [1.54, 1.807) is 13.8 Å². The van der Waals surface area contributed by atoms with Crippen LogP contribution in [0.5, 0.6) is 0 Å². The maximum absolute atomic E-state index is 12.6. The van der Waals surface area contributed by atoms with Crippen LogP contribution >= 0.6 is 11.6 Å². The normalized spacial score (nSPS) is 23.1. The number of nitrogens with zero attached hydrogens (tertiary/aromatic N) is 1. The number of rotatable bonds is 2. The molecule has 0 radical (unpaired) electrons. The van der Waals surface area contributed by atoms with E-state index in [-0.39, 0.29) is 28.0 Å². The summed E-state index contributed by atoms with van der Waals surface area (Å²) in [5.41, 5.74) is 6.67. The molecule has 0 aromatic heterocycles. The van der Waals surface area contributed by atoms with Crippen LogP contribution in [0.15, 0.2) is 17.0 Å². The smallest absolute Gasteiger partial charge is 0.243 e. The van der Waals surface area contributed by atoms with E-state index in [2.05, 4.69) is 0 Å². The molecule has 0 bridgehead atoms. The number of anilines is 1. The van der Waals surface area contributed by atoms with Crippen molar-refractivity contribution in [1.82, 2.24) is 4.31 Å². The summed E-state index contributed by atoms with van der Waals surface area (Å²) in [6.45, 7) is 3.22. The third kappa shape index (κ3) is 3.18. The van der Waals surface area contributed by atoms with Gasteiger partial charge in [-0.2, -0.15) is 4.31 Å². The Morgan fingerprint density at radius 2 is 2.00 bits per heavy atom. The first-order valence-electron chi connectivity index (χ1n) is 6.32. The Kier molecular flexibility index (Phi) is 4.27. The summed E-state index contributed by atoms with van der Waals surface area (Å²) in [5.74, 6) is -0.354. The van der Waals surface area contributed by atoms with Gasteiger partial charge < -0.3 is 5.73 Å². The largest absolute Gasteiger partial charge is 0.398 e. The molecule has 21 heavy (non-hydrogen) atoms. The minimum atomic E-state index is -3.82. The second kappa shape index (κ2) is 5.42. The van der Waals surface area contributed by atoms with Crippen molar-refractivity contribution in [2.45, 2.75) is 24.8 Å². The fourth-order valence-corrected chi connectivity index (χ4v) is 6.05. The zero-order valence-electron chi connectivity index (χ0n) is 11.7. The highest BCUT2D eigenvalue weighted by atomic mass is 35.5. The van der Waals surface area contributed by atoms with E-state index in [1.165, 1.54) is 16.4 Å². The van der Waals surface area contributed by atoms with Gasteiger partial charge in [0.1, 0.15) is 0 Å². The molecule has 1 heterocycles. The molecule has 1 atom stereocenters. The highest BCUT2D eigenvalue weighted by Gasteiger charge is 2.36. The summed E-state index contributed by atoms with van der Waals surface area (Å²) in [6, 6.07) is 2.08. The van der Waals surface area contributed by atoms with Gasteiger partial charge in [0.2, 0.25) is 10.0 Å². The van der Waals surface area contributed by atoms with E-state index >= 15 is 0 Å². The van der Waals surface area contributed by atoms with Gasteiger partial charge in [0, 0.05) is 23.3 Å². The number of sulfonamides is 1. The lowest BCUT2D eigenvalue weighted by Gasteiger charge is -2.32. The standard InChI is InChI=1S/C12H17ClN2O4S2/c1-8-7-20(16,17)4-3-15(8)21(18,19)10-5-11(13)9(2)12(14)6-10/h5-6,8H,3-4,7,14H2,1-2H3. The molecule has 1 aliphatic heterocycles.